The molecule has 1 heterocycles. The van der Waals surface area contributed by atoms with Crippen molar-refractivity contribution in [2.24, 2.45) is 0 Å². The summed E-state index contributed by atoms with van der Waals surface area (Å²) in [6.07, 6.45) is 6.62. The Labute approximate surface area is 142 Å². The van der Waals surface area contributed by atoms with Crippen LogP contribution in [-0.2, 0) is 15.0 Å². The Kier molecular flexibility index (Phi) is 3.64. The van der Waals surface area contributed by atoms with Crippen LogP contribution < -0.4 is 10.2 Å². The molecular formula is C19H24N2O3. The third kappa shape index (κ3) is 2.61. The van der Waals surface area contributed by atoms with Gasteiger partial charge in [0.05, 0.1) is 5.60 Å². The minimum Gasteiger partial charge on any atom is -0.388 e. The second kappa shape index (κ2) is 5.59. The van der Waals surface area contributed by atoms with E-state index in [0.29, 0.717) is 19.4 Å². The van der Waals surface area contributed by atoms with E-state index in [9.17, 15) is 14.7 Å². The number of hydrogen-bond donors (Lipinski definition) is 2. The Morgan fingerprint density at radius 1 is 1.08 bits per heavy atom. The highest BCUT2D eigenvalue weighted by atomic mass is 16.3. The largest absolute Gasteiger partial charge is 0.388 e. The van der Waals surface area contributed by atoms with Crippen LogP contribution in [0, 0.1) is 0 Å². The average Bonchev–Trinajstić information content (AvgIpc) is 3.30. The van der Waals surface area contributed by atoms with Gasteiger partial charge in [-0.2, -0.15) is 0 Å². The monoisotopic (exact) mass is 328 g/mol. The number of carbonyl (C=O) groups is 2. The molecule has 1 spiro atoms. The number of aliphatic hydroxyl groups is 1. The molecule has 0 aromatic heterocycles. The minimum atomic E-state index is -0.852. The van der Waals surface area contributed by atoms with E-state index >= 15 is 0 Å². The minimum absolute atomic E-state index is 0.0775. The van der Waals surface area contributed by atoms with Crippen molar-refractivity contribution in [2.75, 3.05) is 18.0 Å². The summed E-state index contributed by atoms with van der Waals surface area (Å²) in [5, 5.41) is 13.1. The molecule has 5 heteroatoms. The topological polar surface area (TPSA) is 69.6 Å². The maximum atomic E-state index is 12.6. The van der Waals surface area contributed by atoms with Crippen molar-refractivity contribution in [2.45, 2.75) is 56.0 Å². The van der Waals surface area contributed by atoms with Gasteiger partial charge in [-0.1, -0.05) is 37.5 Å². The fraction of sp³-hybridized carbons (Fsp3) is 0.579. The summed E-state index contributed by atoms with van der Waals surface area (Å²) in [6.45, 7) is 0.765. The summed E-state index contributed by atoms with van der Waals surface area (Å²) < 4.78 is 0. The van der Waals surface area contributed by atoms with Crippen LogP contribution in [0.2, 0.25) is 0 Å². The lowest BCUT2D eigenvalue weighted by Gasteiger charge is -2.32. The van der Waals surface area contributed by atoms with Gasteiger partial charge in [-0.3, -0.25) is 9.59 Å². The van der Waals surface area contributed by atoms with E-state index in [-0.39, 0.29) is 12.0 Å². The Morgan fingerprint density at radius 2 is 1.79 bits per heavy atom. The standard InChI is InChI=1S/C19H24N2O3/c22-16(20-12-19(24)8-4-1-5-9-19)17(23)21-13-18(10-11-18)14-6-2-3-7-15(14)21/h2-3,6-7,24H,1,4-5,8-13H2,(H,20,22). The van der Waals surface area contributed by atoms with E-state index < -0.39 is 17.4 Å². The molecule has 0 radical (unpaired) electrons. The molecule has 3 aliphatic rings. The second-order valence-electron chi connectivity index (χ2n) is 7.66. The third-order valence-electron chi connectivity index (χ3n) is 5.88. The van der Waals surface area contributed by atoms with E-state index in [1.807, 2.05) is 18.2 Å². The van der Waals surface area contributed by atoms with Crippen molar-refractivity contribution in [1.82, 2.24) is 5.32 Å². The fourth-order valence-corrected chi connectivity index (χ4v) is 4.22. The number of anilines is 1. The average molecular weight is 328 g/mol. The van der Waals surface area contributed by atoms with Crippen LogP contribution in [0.5, 0.6) is 0 Å². The first-order valence-corrected chi connectivity index (χ1v) is 8.95. The molecule has 0 atom stereocenters. The van der Waals surface area contributed by atoms with Crippen LogP contribution in [0.15, 0.2) is 24.3 Å². The summed E-state index contributed by atoms with van der Waals surface area (Å²) in [5.41, 5.74) is 1.28. The van der Waals surface area contributed by atoms with Gasteiger partial charge in [-0.15, -0.1) is 0 Å². The summed E-state index contributed by atoms with van der Waals surface area (Å²) in [6, 6.07) is 7.88. The smallest absolute Gasteiger partial charge is 0.316 e. The first kappa shape index (κ1) is 15.6. The molecule has 0 bridgehead atoms. The molecular weight excluding hydrogens is 304 g/mol. The zero-order valence-corrected chi connectivity index (χ0v) is 13.9. The predicted molar refractivity (Wildman–Crippen MR) is 90.8 cm³/mol. The second-order valence-corrected chi connectivity index (χ2v) is 7.66. The molecule has 5 nitrogen and oxygen atoms in total. The van der Waals surface area contributed by atoms with Gasteiger partial charge < -0.3 is 15.3 Å². The predicted octanol–water partition coefficient (Wildman–Crippen LogP) is 1.88. The van der Waals surface area contributed by atoms with Crippen molar-refractivity contribution < 1.29 is 14.7 Å². The van der Waals surface area contributed by atoms with Gasteiger partial charge in [-0.05, 0) is 37.3 Å². The van der Waals surface area contributed by atoms with E-state index in [0.717, 1.165) is 37.8 Å². The SMILES string of the molecule is O=C(NCC1(O)CCCCC1)C(=O)N1CC2(CC2)c2ccccc21. The maximum absolute atomic E-state index is 12.6. The molecule has 1 aromatic rings. The number of benzene rings is 1. The first-order chi connectivity index (χ1) is 11.5. The zero-order valence-electron chi connectivity index (χ0n) is 13.9. The highest BCUT2D eigenvalue weighted by molar-refractivity contribution is 6.40. The van der Waals surface area contributed by atoms with Crippen molar-refractivity contribution in [1.29, 1.82) is 0 Å². The summed E-state index contributed by atoms with van der Waals surface area (Å²) in [7, 11) is 0. The van der Waals surface area contributed by atoms with Crippen molar-refractivity contribution in [3.05, 3.63) is 29.8 Å². The first-order valence-electron chi connectivity index (χ1n) is 8.95. The highest BCUT2D eigenvalue weighted by Crippen LogP contribution is 2.56. The third-order valence-corrected chi connectivity index (χ3v) is 5.88. The van der Waals surface area contributed by atoms with E-state index in [1.54, 1.807) is 4.90 Å². The van der Waals surface area contributed by atoms with Crippen LogP contribution in [0.1, 0.15) is 50.5 Å². The summed E-state index contributed by atoms with van der Waals surface area (Å²) >= 11 is 0. The molecule has 2 fully saturated rings. The Hall–Kier alpha value is -1.88. The van der Waals surface area contributed by atoms with Gasteiger partial charge in [0.25, 0.3) is 0 Å². The van der Waals surface area contributed by atoms with Crippen LogP contribution in [-0.4, -0.2) is 35.6 Å². The number of carbonyl (C=O) groups excluding carboxylic acids is 2. The van der Waals surface area contributed by atoms with Crippen LogP contribution in [0.4, 0.5) is 5.69 Å². The van der Waals surface area contributed by atoms with Gasteiger partial charge in [0.2, 0.25) is 0 Å². The molecule has 128 valence electrons. The number of amides is 2. The van der Waals surface area contributed by atoms with Crippen LogP contribution in [0.25, 0.3) is 0 Å². The number of para-hydroxylation sites is 1. The van der Waals surface area contributed by atoms with E-state index in [1.165, 1.54) is 5.56 Å². The van der Waals surface area contributed by atoms with E-state index in [2.05, 4.69) is 11.4 Å². The molecule has 2 saturated carbocycles. The Bertz CT molecular complexity index is 675. The fourth-order valence-electron chi connectivity index (χ4n) is 4.22. The lowest BCUT2D eigenvalue weighted by atomic mass is 9.85. The van der Waals surface area contributed by atoms with Crippen LogP contribution >= 0.6 is 0 Å². The quantitative estimate of drug-likeness (QED) is 0.815. The van der Waals surface area contributed by atoms with E-state index in [4.69, 9.17) is 0 Å². The molecule has 2 N–H and O–H groups in total. The molecule has 0 unspecified atom stereocenters. The number of hydrogen-bond acceptors (Lipinski definition) is 3. The molecule has 2 aliphatic carbocycles. The highest BCUT2D eigenvalue weighted by Gasteiger charge is 2.53. The molecule has 2 amide bonds. The number of rotatable bonds is 2. The van der Waals surface area contributed by atoms with Gasteiger partial charge in [0.1, 0.15) is 0 Å². The molecule has 0 saturated heterocycles. The summed E-state index contributed by atoms with van der Waals surface area (Å²) in [5.74, 6) is -1.12. The number of nitrogens with one attached hydrogen (secondary N) is 1. The summed E-state index contributed by atoms with van der Waals surface area (Å²) in [4.78, 5) is 26.6. The molecule has 24 heavy (non-hydrogen) atoms. The van der Waals surface area contributed by atoms with Crippen molar-refractivity contribution >= 4 is 17.5 Å². The number of nitrogens with zero attached hydrogens (tertiary/aromatic N) is 1. The van der Waals surface area contributed by atoms with Crippen LogP contribution in [0.3, 0.4) is 0 Å². The van der Waals surface area contributed by atoms with Gasteiger partial charge in [0.15, 0.2) is 0 Å². The lowest BCUT2D eigenvalue weighted by Crippen LogP contribution is -2.49. The maximum Gasteiger partial charge on any atom is 0.316 e. The van der Waals surface area contributed by atoms with Crippen molar-refractivity contribution in [3.63, 3.8) is 0 Å². The van der Waals surface area contributed by atoms with Gasteiger partial charge in [-0.25, -0.2) is 0 Å². The molecule has 4 rings (SSSR count). The zero-order chi connectivity index (χ0) is 16.8. The molecule has 1 aliphatic heterocycles. The number of fused-ring (bicyclic) bond motifs is 2. The lowest BCUT2D eigenvalue weighted by molar-refractivity contribution is -0.138. The van der Waals surface area contributed by atoms with Crippen molar-refractivity contribution in [3.8, 4) is 0 Å². The Balaban J connectivity index is 1.44. The van der Waals surface area contributed by atoms with Gasteiger partial charge in [0, 0.05) is 24.2 Å². The Morgan fingerprint density at radius 3 is 2.50 bits per heavy atom. The molecule has 1 aromatic carbocycles. The van der Waals surface area contributed by atoms with Gasteiger partial charge >= 0.3 is 11.8 Å². The normalized spacial score (nSPS) is 23.0.